The molecule has 0 heterocycles. The van der Waals surface area contributed by atoms with Crippen molar-refractivity contribution in [3.63, 3.8) is 0 Å². The second kappa shape index (κ2) is 7.32. The Bertz CT molecular complexity index is 940. The van der Waals surface area contributed by atoms with Crippen LogP contribution in [0.5, 0.6) is 0 Å². The van der Waals surface area contributed by atoms with Gasteiger partial charge in [0.05, 0.1) is 9.79 Å². The van der Waals surface area contributed by atoms with E-state index in [1.807, 2.05) is 6.92 Å². The van der Waals surface area contributed by atoms with Crippen LogP contribution in [-0.4, -0.2) is 23.4 Å². The number of nitrogens with one attached hydrogen (secondary N) is 1. The first-order chi connectivity index (χ1) is 11.1. The van der Waals surface area contributed by atoms with Crippen molar-refractivity contribution in [2.75, 3.05) is 6.54 Å². The van der Waals surface area contributed by atoms with Crippen molar-refractivity contribution >= 4 is 36.0 Å². The minimum atomic E-state index is -3.72. The highest BCUT2D eigenvalue weighted by Crippen LogP contribution is 2.22. The van der Waals surface area contributed by atoms with Crippen molar-refractivity contribution in [1.29, 1.82) is 0 Å². The van der Waals surface area contributed by atoms with E-state index in [2.05, 4.69) is 20.7 Å². The molecule has 0 saturated heterocycles. The summed E-state index contributed by atoms with van der Waals surface area (Å²) in [4.78, 5) is 0.202. The van der Waals surface area contributed by atoms with E-state index in [4.69, 9.17) is 5.14 Å². The van der Waals surface area contributed by atoms with Crippen LogP contribution in [0.15, 0.2) is 56.7 Å². The van der Waals surface area contributed by atoms with Crippen molar-refractivity contribution in [2.45, 2.75) is 23.1 Å². The van der Waals surface area contributed by atoms with E-state index < -0.39 is 20.0 Å². The third-order valence-electron chi connectivity index (χ3n) is 3.33. The molecule has 0 atom stereocenters. The molecule has 2 rings (SSSR count). The summed E-state index contributed by atoms with van der Waals surface area (Å²) in [7, 11) is -7.35. The van der Waals surface area contributed by atoms with E-state index in [0.29, 0.717) is 10.9 Å². The maximum atomic E-state index is 12.3. The van der Waals surface area contributed by atoms with Gasteiger partial charge in [-0.15, -0.1) is 0 Å². The number of rotatable bonds is 6. The number of sulfonamides is 2. The highest BCUT2D eigenvalue weighted by Gasteiger charge is 2.17. The lowest BCUT2D eigenvalue weighted by Crippen LogP contribution is -2.26. The fourth-order valence-corrected chi connectivity index (χ4v) is 4.81. The van der Waals surface area contributed by atoms with Crippen molar-refractivity contribution in [1.82, 2.24) is 4.72 Å². The van der Waals surface area contributed by atoms with Crippen LogP contribution in [0.2, 0.25) is 0 Å². The Kier molecular flexibility index (Phi) is 5.82. The zero-order valence-corrected chi connectivity index (χ0v) is 16.1. The van der Waals surface area contributed by atoms with Crippen LogP contribution < -0.4 is 9.86 Å². The van der Waals surface area contributed by atoms with Crippen LogP contribution in [0.3, 0.4) is 0 Å². The predicted molar refractivity (Wildman–Crippen MR) is 95.6 cm³/mol. The van der Waals surface area contributed by atoms with Gasteiger partial charge in [0.1, 0.15) is 0 Å². The minimum absolute atomic E-state index is 0.0235. The molecule has 2 aromatic rings. The average molecular weight is 433 g/mol. The van der Waals surface area contributed by atoms with Crippen LogP contribution >= 0.6 is 15.9 Å². The van der Waals surface area contributed by atoms with E-state index in [0.717, 1.165) is 11.1 Å². The average Bonchev–Trinajstić information content (AvgIpc) is 2.46. The number of benzene rings is 2. The number of hydrogen-bond acceptors (Lipinski definition) is 4. The van der Waals surface area contributed by atoms with Crippen LogP contribution in [0, 0.1) is 6.92 Å². The largest absolute Gasteiger partial charge is 0.241 e. The molecule has 24 heavy (non-hydrogen) atoms. The Balaban J connectivity index is 2.03. The molecule has 0 aliphatic rings. The summed E-state index contributed by atoms with van der Waals surface area (Å²) in [6.07, 6.45) is 0.424. The Morgan fingerprint density at radius 3 is 2.21 bits per heavy atom. The van der Waals surface area contributed by atoms with Gasteiger partial charge in [-0.05, 0) is 64.7 Å². The molecule has 3 N–H and O–H groups in total. The molecule has 0 fully saturated rings. The standard InChI is InChI=1S/C15H17BrN2O4S2/c1-11-2-7-15(14(16)10-11)24(21,22)18-9-8-12-3-5-13(6-4-12)23(17,19)20/h2-7,10,18H,8-9H2,1H3,(H2,17,19,20). The number of nitrogens with two attached hydrogens (primary N) is 1. The van der Waals surface area contributed by atoms with Gasteiger partial charge in [0.15, 0.2) is 0 Å². The van der Waals surface area contributed by atoms with Gasteiger partial charge in [-0.25, -0.2) is 26.7 Å². The second-order valence-electron chi connectivity index (χ2n) is 5.27. The van der Waals surface area contributed by atoms with Gasteiger partial charge in [0.2, 0.25) is 20.0 Å². The fraction of sp³-hybridized carbons (Fsp3) is 0.200. The van der Waals surface area contributed by atoms with Crippen LogP contribution in [-0.2, 0) is 26.5 Å². The fourth-order valence-electron chi connectivity index (χ4n) is 2.08. The molecule has 0 bridgehead atoms. The summed E-state index contributed by atoms with van der Waals surface area (Å²) in [5.41, 5.74) is 1.75. The molecule has 6 nitrogen and oxygen atoms in total. The number of hydrogen-bond donors (Lipinski definition) is 2. The molecule has 0 amide bonds. The molecule has 0 aliphatic carbocycles. The molecule has 2 aromatic carbocycles. The van der Waals surface area contributed by atoms with Crippen molar-refractivity contribution in [2.24, 2.45) is 5.14 Å². The lowest BCUT2D eigenvalue weighted by molar-refractivity contribution is 0.581. The van der Waals surface area contributed by atoms with Crippen molar-refractivity contribution in [3.8, 4) is 0 Å². The first kappa shape index (κ1) is 19.1. The Hall–Kier alpha value is -1.26. The molecule has 0 unspecified atom stereocenters. The Labute approximate surface area is 150 Å². The molecular formula is C15H17BrN2O4S2. The zero-order valence-electron chi connectivity index (χ0n) is 12.9. The van der Waals surface area contributed by atoms with Crippen LogP contribution in [0.4, 0.5) is 0 Å². The molecule has 0 radical (unpaired) electrons. The summed E-state index contributed by atoms with van der Waals surface area (Å²) < 4.78 is 50.0. The minimum Gasteiger partial charge on any atom is -0.225 e. The topological polar surface area (TPSA) is 106 Å². The lowest BCUT2D eigenvalue weighted by Gasteiger charge is -2.09. The molecule has 0 spiro atoms. The van der Waals surface area contributed by atoms with E-state index in [9.17, 15) is 16.8 Å². The maximum absolute atomic E-state index is 12.3. The molecule has 9 heteroatoms. The first-order valence-electron chi connectivity index (χ1n) is 6.97. The maximum Gasteiger partial charge on any atom is 0.241 e. The lowest BCUT2D eigenvalue weighted by atomic mass is 10.2. The quantitative estimate of drug-likeness (QED) is 0.726. The summed E-state index contributed by atoms with van der Waals surface area (Å²) >= 11 is 3.26. The van der Waals surface area contributed by atoms with Gasteiger partial charge in [0, 0.05) is 11.0 Å². The predicted octanol–water partition coefficient (Wildman–Crippen LogP) is 1.93. The molecule has 0 saturated carbocycles. The monoisotopic (exact) mass is 432 g/mol. The number of aryl methyl sites for hydroxylation is 1. The third-order valence-corrected chi connectivity index (χ3v) is 6.70. The molecular weight excluding hydrogens is 416 g/mol. The summed E-state index contributed by atoms with van der Waals surface area (Å²) in [6, 6.07) is 11.0. The van der Waals surface area contributed by atoms with E-state index in [1.54, 1.807) is 30.3 Å². The van der Waals surface area contributed by atoms with Gasteiger partial charge >= 0.3 is 0 Å². The smallest absolute Gasteiger partial charge is 0.225 e. The first-order valence-corrected chi connectivity index (χ1v) is 10.8. The molecule has 0 aromatic heterocycles. The molecule has 130 valence electrons. The number of halogens is 1. The highest BCUT2D eigenvalue weighted by atomic mass is 79.9. The van der Waals surface area contributed by atoms with Gasteiger partial charge in [-0.1, -0.05) is 18.2 Å². The van der Waals surface area contributed by atoms with E-state index in [1.165, 1.54) is 12.1 Å². The van der Waals surface area contributed by atoms with Gasteiger partial charge in [0.25, 0.3) is 0 Å². The second-order valence-corrected chi connectivity index (χ2v) is 9.42. The normalized spacial score (nSPS) is 12.3. The van der Waals surface area contributed by atoms with Crippen LogP contribution in [0.1, 0.15) is 11.1 Å². The summed E-state index contributed by atoms with van der Waals surface area (Å²) in [5.74, 6) is 0. The van der Waals surface area contributed by atoms with E-state index in [-0.39, 0.29) is 16.3 Å². The third kappa shape index (κ3) is 4.87. The molecule has 0 aliphatic heterocycles. The van der Waals surface area contributed by atoms with Gasteiger partial charge < -0.3 is 0 Å². The zero-order chi connectivity index (χ0) is 18.0. The van der Waals surface area contributed by atoms with E-state index >= 15 is 0 Å². The van der Waals surface area contributed by atoms with Crippen molar-refractivity contribution in [3.05, 3.63) is 58.1 Å². The SMILES string of the molecule is Cc1ccc(S(=O)(=O)NCCc2ccc(S(N)(=O)=O)cc2)c(Br)c1. The van der Waals surface area contributed by atoms with Crippen LogP contribution in [0.25, 0.3) is 0 Å². The number of primary sulfonamides is 1. The van der Waals surface area contributed by atoms with Gasteiger partial charge in [-0.3, -0.25) is 0 Å². The van der Waals surface area contributed by atoms with Gasteiger partial charge in [-0.2, -0.15) is 0 Å². The highest BCUT2D eigenvalue weighted by molar-refractivity contribution is 9.10. The summed E-state index contributed by atoms with van der Waals surface area (Å²) in [5, 5.41) is 5.03. The van der Waals surface area contributed by atoms with Crippen molar-refractivity contribution < 1.29 is 16.8 Å². The Morgan fingerprint density at radius 2 is 1.67 bits per heavy atom. The summed E-state index contributed by atoms with van der Waals surface area (Å²) in [6.45, 7) is 2.07. The Morgan fingerprint density at radius 1 is 1.04 bits per heavy atom.